The Hall–Kier alpha value is -3.41. The fourth-order valence-electron chi connectivity index (χ4n) is 2.32. The largest absolute Gasteiger partial charge is 0.437 e. The fourth-order valence-corrected chi connectivity index (χ4v) is 2.32. The molecule has 0 bridgehead atoms. The van der Waals surface area contributed by atoms with Gasteiger partial charge in [0, 0.05) is 30.5 Å². The van der Waals surface area contributed by atoms with Gasteiger partial charge in [0.1, 0.15) is 5.52 Å². The standard InChI is InChI=1S/C19H17N3O3/c1-12-7-8-13(19(24)20-2)11-15(12)21-17(23)9-10-18-22-14-5-3-4-6-16(14)25-18/h3-11H,1-2H3,(H,20,24)(H,21,23). The van der Waals surface area contributed by atoms with E-state index in [-0.39, 0.29) is 11.8 Å². The molecular weight excluding hydrogens is 318 g/mol. The number of rotatable bonds is 4. The summed E-state index contributed by atoms with van der Waals surface area (Å²) < 4.78 is 5.53. The molecule has 2 N–H and O–H groups in total. The highest BCUT2D eigenvalue weighted by atomic mass is 16.3. The predicted octanol–water partition coefficient (Wildman–Crippen LogP) is 3.15. The highest BCUT2D eigenvalue weighted by Gasteiger charge is 2.08. The van der Waals surface area contributed by atoms with E-state index in [9.17, 15) is 9.59 Å². The monoisotopic (exact) mass is 335 g/mol. The quantitative estimate of drug-likeness (QED) is 0.717. The lowest BCUT2D eigenvalue weighted by Gasteiger charge is -2.08. The van der Waals surface area contributed by atoms with Crippen LogP contribution in [0.1, 0.15) is 21.8 Å². The van der Waals surface area contributed by atoms with E-state index in [0.717, 1.165) is 11.1 Å². The van der Waals surface area contributed by atoms with Crippen molar-refractivity contribution in [1.82, 2.24) is 10.3 Å². The van der Waals surface area contributed by atoms with Crippen LogP contribution < -0.4 is 10.6 Å². The van der Waals surface area contributed by atoms with Crippen LogP contribution in [0.25, 0.3) is 17.2 Å². The second-order valence-electron chi connectivity index (χ2n) is 5.45. The average molecular weight is 335 g/mol. The van der Waals surface area contributed by atoms with Crippen molar-refractivity contribution >= 4 is 34.7 Å². The third-order valence-electron chi connectivity index (χ3n) is 3.67. The summed E-state index contributed by atoms with van der Waals surface area (Å²) in [4.78, 5) is 28.1. The van der Waals surface area contributed by atoms with Gasteiger partial charge in [-0.1, -0.05) is 18.2 Å². The maximum absolute atomic E-state index is 12.1. The molecule has 0 aliphatic rings. The first-order valence-electron chi connectivity index (χ1n) is 7.74. The first-order chi connectivity index (χ1) is 12.1. The number of fused-ring (bicyclic) bond motifs is 1. The number of carbonyl (C=O) groups excluding carboxylic acids is 2. The maximum Gasteiger partial charge on any atom is 0.251 e. The summed E-state index contributed by atoms with van der Waals surface area (Å²) in [6, 6.07) is 12.5. The summed E-state index contributed by atoms with van der Waals surface area (Å²) in [6.07, 6.45) is 2.85. The molecule has 25 heavy (non-hydrogen) atoms. The average Bonchev–Trinajstić information content (AvgIpc) is 3.04. The Balaban J connectivity index is 1.74. The van der Waals surface area contributed by atoms with Crippen LogP contribution in [0.15, 0.2) is 53.0 Å². The molecule has 0 aliphatic heterocycles. The van der Waals surface area contributed by atoms with Crippen LogP contribution in [-0.4, -0.2) is 23.8 Å². The lowest BCUT2D eigenvalue weighted by molar-refractivity contribution is -0.111. The highest BCUT2D eigenvalue weighted by molar-refractivity contribution is 6.03. The van der Waals surface area contributed by atoms with Crippen LogP contribution in [0.5, 0.6) is 0 Å². The molecule has 0 fully saturated rings. The second-order valence-corrected chi connectivity index (χ2v) is 5.45. The molecule has 0 aliphatic carbocycles. The molecule has 1 aromatic heterocycles. The Morgan fingerprint density at radius 2 is 1.96 bits per heavy atom. The lowest BCUT2D eigenvalue weighted by Crippen LogP contribution is -2.18. The zero-order valence-electron chi connectivity index (χ0n) is 13.9. The Bertz CT molecular complexity index is 940. The summed E-state index contributed by atoms with van der Waals surface area (Å²) in [5, 5.41) is 5.31. The zero-order chi connectivity index (χ0) is 17.8. The van der Waals surface area contributed by atoms with Crippen LogP contribution >= 0.6 is 0 Å². The molecule has 0 saturated carbocycles. The minimum atomic E-state index is -0.334. The first kappa shape index (κ1) is 16.4. The normalized spacial score (nSPS) is 11.0. The molecule has 0 radical (unpaired) electrons. The van der Waals surface area contributed by atoms with Gasteiger partial charge in [-0.25, -0.2) is 4.98 Å². The van der Waals surface area contributed by atoms with Crippen molar-refractivity contribution in [3.05, 3.63) is 65.6 Å². The Morgan fingerprint density at radius 1 is 1.16 bits per heavy atom. The summed E-state index contributed by atoms with van der Waals surface area (Å²) in [5.41, 5.74) is 3.31. The molecular formula is C19H17N3O3. The van der Waals surface area contributed by atoms with Crippen LogP contribution in [0.2, 0.25) is 0 Å². The van der Waals surface area contributed by atoms with Crippen LogP contribution in [0.3, 0.4) is 0 Å². The van der Waals surface area contributed by atoms with Gasteiger partial charge >= 0.3 is 0 Å². The maximum atomic E-state index is 12.1. The topological polar surface area (TPSA) is 84.2 Å². The first-order valence-corrected chi connectivity index (χ1v) is 7.74. The van der Waals surface area contributed by atoms with Crippen LogP contribution in [0.4, 0.5) is 5.69 Å². The van der Waals surface area contributed by atoms with E-state index < -0.39 is 0 Å². The molecule has 2 aromatic carbocycles. The van der Waals surface area contributed by atoms with Gasteiger partial charge in [0.05, 0.1) is 0 Å². The summed E-state index contributed by atoms with van der Waals surface area (Å²) in [6.45, 7) is 1.85. The number of aromatic nitrogens is 1. The van der Waals surface area contributed by atoms with Crippen molar-refractivity contribution in [3.8, 4) is 0 Å². The van der Waals surface area contributed by atoms with E-state index in [1.54, 1.807) is 25.2 Å². The number of para-hydroxylation sites is 2. The van der Waals surface area contributed by atoms with E-state index in [1.807, 2.05) is 31.2 Å². The molecule has 0 atom stereocenters. The van der Waals surface area contributed by atoms with E-state index in [2.05, 4.69) is 15.6 Å². The molecule has 3 rings (SSSR count). The van der Waals surface area contributed by atoms with Crippen molar-refractivity contribution in [2.45, 2.75) is 6.92 Å². The van der Waals surface area contributed by atoms with Gasteiger partial charge in [0.2, 0.25) is 11.8 Å². The van der Waals surface area contributed by atoms with Crippen molar-refractivity contribution in [3.63, 3.8) is 0 Å². The number of hydrogen-bond acceptors (Lipinski definition) is 4. The number of aryl methyl sites for hydroxylation is 1. The van der Waals surface area contributed by atoms with E-state index in [1.165, 1.54) is 12.2 Å². The smallest absolute Gasteiger partial charge is 0.251 e. The van der Waals surface area contributed by atoms with E-state index in [4.69, 9.17) is 4.42 Å². The number of amides is 2. The third-order valence-corrected chi connectivity index (χ3v) is 3.67. The van der Waals surface area contributed by atoms with Gasteiger partial charge < -0.3 is 15.1 Å². The van der Waals surface area contributed by atoms with Crippen molar-refractivity contribution < 1.29 is 14.0 Å². The molecule has 0 spiro atoms. The summed E-state index contributed by atoms with van der Waals surface area (Å²) >= 11 is 0. The van der Waals surface area contributed by atoms with Gasteiger partial charge in [-0.15, -0.1) is 0 Å². The fraction of sp³-hybridized carbons (Fsp3) is 0.105. The molecule has 6 heteroatoms. The van der Waals surface area contributed by atoms with Crippen LogP contribution in [-0.2, 0) is 4.79 Å². The second kappa shape index (κ2) is 7.00. The predicted molar refractivity (Wildman–Crippen MR) is 96.2 cm³/mol. The number of nitrogens with one attached hydrogen (secondary N) is 2. The van der Waals surface area contributed by atoms with E-state index >= 15 is 0 Å². The highest BCUT2D eigenvalue weighted by Crippen LogP contribution is 2.18. The summed E-state index contributed by atoms with van der Waals surface area (Å²) in [7, 11) is 1.56. The molecule has 0 saturated heterocycles. The van der Waals surface area contributed by atoms with Gasteiger partial charge in [-0.05, 0) is 36.8 Å². The number of carbonyl (C=O) groups is 2. The van der Waals surface area contributed by atoms with Crippen molar-refractivity contribution in [2.75, 3.05) is 12.4 Å². The lowest BCUT2D eigenvalue weighted by atomic mass is 10.1. The number of nitrogens with zero attached hydrogens (tertiary/aromatic N) is 1. The number of hydrogen-bond donors (Lipinski definition) is 2. The van der Waals surface area contributed by atoms with Crippen LogP contribution in [0, 0.1) is 6.92 Å². The molecule has 0 unspecified atom stereocenters. The van der Waals surface area contributed by atoms with Crippen molar-refractivity contribution in [2.24, 2.45) is 0 Å². The number of anilines is 1. The third kappa shape index (κ3) is 3.74. The van der Waals surface area contributed by atoms with Gasteiger partial charge in [0.15, 0.2) is 5.58 Å². The number of oxazole rings is 1. The molecule has 1 heterocycles. The summed E-state index contributed by atoms with van der Waals surface area (Å²) in [5.74, 6) is -0.191. The Morgan fingerprint density at radius 3 is 2.72 bits per heavy atom. The number of benzene rings is 2. The van der Waals surface area contributed by atoms with Gasteiger partial charge in [-0.2, -0.15) is 0 Å². The molecule has 2 amide bonds. The Kier molecular flexibility index (Phi) is 4.61. The minimum absolute atomic E-state index is 0.211. The van der Waals surface area contributed by atoms with Crippen molar-refractivity contribution in [1.29, 1.82) is 0 Å². The minimum Gasteiger partial charge on any atom is -0.437 e. The van der Waals surface area contributed by atoms with E-state index in [0.29, 0.717) is 22.7 Å². The Labute approximate surface area is 144 Å². The SMILES string of the molecule is CNC(=O)c1ccc(C)c(NC(=O)C=Cc2nc3ccccc3o2)c1. The van der Waals surface area contributed by atoms with Gasteiger partial charge in [0.25, 0.3) is 5.91 Å². The molecule has 3 aromatic rings. The molecule has 126 valence electrons. The zero-order valence-corrected chi connectivity index (χ0v) is 13.9. The van der Waals surface area contributed by atoms with Gasteiger partial charge in [-0.3, -0.25) is 9.59 Å². The molecule has 6 nitrogen and oxygen atoms in total.